The fraction of sp³-hybridized carbons (Fsp3) is 0.778. The third-order valence-electron chi connectivity index (χ3n) is 1.56. The minimum absolute atomic E-state index is 0.504. The molecule has 0 N–H and O–H groups in total. The van der Waals surface area contributed by atoms with E-state index in [-0.39, 0.29) is 0 Å². The van der Waals surface area contributed by atoms with Crippen LogP contribution in [0, 0.1) is 0 Å². The Bertz CT molecular complexity index is 241. The largest absolute Gasteiger partial charge is 0.235 e. The summed E-state index contributed by atoms with van der Waals surface area (Å²) in [6.07, 6.45) is 3.52. The molecule has 4 heteroatoms. The second kappa shape index (κ2) is 4.13. The summed E-state index contributed by atoms with van der Waals surface area (Å²) >= 11 is 0. The highest BCUT2D eigenvalue weighted by molar-refractivity contribution is 5.36. The van der Waals surface area contributed by atoms with Crippen LogP contribution < -0.4 is 0 Å². The summed E-state index contributed by atoms with van der Waals surface area (Å²) in [5.41, 5.74) is -1.07. The molecule has 0 rings (SSSR count). The molecule has 72 valence electrons. The van der Waals surface area contributed by atoms with Crippen LogP contribution in [0.1, 0.15) is 34.1 Å². The van der Waals surface area contributed by atoms with Gasteiger partial charge < -0.3 is 0 Å². The number of aliphatic imine (C=N–C) groups is 2. The summed E-state index contributed by atoms with van der Waals surface area (Å²) in [6, 6.07) is 0. The Morgan fingerprint density at radius 3 is 1.46 bits per heavy atom. The zero-order valence-electron chi connectivity index (χ0n) is 8.42. The number of hydrogen-bond acceptors (Lipinski definition) is 4. The summed E-state index contributed by atoms with van der Waals surface area (Å²) in [7, 11) is 0. The van der Waals surface area contributed by atoms with Gasteiger partial charge in [-0.3, -0.25) is 0 Å². The van der Waals surface area contributed by atoms with Crippen LogP contribution in [0.2, 0.25) is 0 Å². The highest BCUT2D eigenvalue weighted by Crippen LogP contribution is 2.25. The van der Waals surface area contributed by atoms with Crippen molar-refractivity contribution in [2.75, 3.05) is 0 Å². The second-order valence-electron chi connectivity index (χ2n) is 4.21. The van der Waals surface area contributed by atoms with Gasteiger partial charge >= 0.3 is 0 Å². The van der Waals surface area contributed by atoms with Crippen molar-refractivity contribution in [1.82, 2.24) is 0 Å². The van der Waals surface area contributed by atoms with Gasteiger partial charge in [0.15, 0.2) is 0 Å². The maximum Gasteiger partial charge on any atom is 0.235 e. The number of hydrogen-bond donors (Lipinski definition) is 0. The van der Waals surface area contributed by atoms with E-state index in [0.29, 0.717) is 6.42 Å². The van der Waals surface area contributed by atoms with Gasteiger partial charge in [0.1, 0.15) is 0 Å². The van der Waals surface area contributed by atoms with Crippen molar-refractivity contribution in [3.05, 3.63) is 0 Å². The maximum absolute atomic E-state index is 10.1. The van der Waals surface area contributed by atoms with E-state index in [1.165, 1.54) is 12.2 Å². The molecular weight excluding hydrogens is 168 g/mol. The van der Waals surface area contributed by atoms with Crippen molar-refractivity contribution >= 4 is 12.2 Å². The first-order valence-electron chi connectivity index (χ1n) is 4.01. The Hall–Kier alpha value is -1.24. The van der Waals surface area contributed by atoms with E-state index in [1.54, 1.807) is 27.7 Å². The molecule has 0 fully saturated rings. The van der Waals surface area contributed by atoms with E-state index in [2.05, 4.69) is 9.98 Å². The van der Waals surface area contributed by atoms with Gasteiger partial charge in [-0.2, -0.15) is 9.98 Å². The Labute approximate surface area is 77.8 Å². The Morgan fingerprint density at radius 2 is 1.23 bits per heavy atom. The monoisotopic (exact) mass is 182 g/mol. The molecule has 0 unspecified atom stereocenters. The van der Waals surface area contributed by atoms with Gasteiger partial charge in [-0.1, -0.05) is 0 Å². The van der Waals surface area contributed by atoms with Gasteiger partial charge in [0.05, 0.1) is 11.1 Å². The summed E-state index contributed by atoms with van der Waals surface area (Å²) < 4.78 is 0. The maximum atomic E-state index is 10.1. The van der Waals surface area contributed by atoms with Crippen LogP contribution in [-0.2, 0) is 9.59 Å². The van der Waals surface area contributed by atoms with Crippen LogP contribution in [0.25, 0.3) is 0 Å². The predicted molar refractivity (Wildman–Crippen MR) is 49.0 cm³/mol. The lowest BCUT2D eigenvalue weighted by Gasteiger charge is -2.26. The molecule has 0 spiro atoms. The first-order chi connectivity index (χ1) is 5.83. The lowest BCUT2D eigenvalue weighted by molar-refractivity contribution is 0.353. The minimum Gasteiger partial charge on any atom is -0.211 e. The third-order valence-corrected chi connectivity index (χ3v) is 1.56. The molecule has 0 saturated carbocycles. The van der Waals surface area contributed by atoms with Crippen molar-refractivity contribution in [3.8, 4) is 0 Å². The molecule has 13 heavy (non-hydrogen) atoms. The molecule has 0 aromatic heterocycles. The van der Waals surface area contributed by atoms with E-state index in [4.69, 9.17) is 0 Å². The third kappa shape index (κ3) is 5.07. The van der Waals surface area contributed by atoms with Crippen molar-refractivity contribution in [2.45, 2.75) is 45.2 Å². The molecule has 0 saturated heterocycles. The molecule has 0 aliphatic carbocycles. The van der Waals surface area contributed by atoms with Gasteiger partial charge in [0, 0.05) is 0 Å². The fourth-order valence-corrected chi connectivity index (χ4v) is 1.38. The zero-order chi connectivity index (χ0) is 10.5. The van der Waals surface area contributed by atoms with E-state index in [1.807, 2.05) is 0 Å². The van der Waals surface area contributed by atoms with Crippen LogP contribution >= 0.6 is 0 Å². The molecular formula is C9H14N2O2. The Morgan fingerprint density at radius 1 is 0.923 bits per heavy atom. The number of nitrogens with zero attached hydrogens (tertiary/aromatic N) is 2. The van der Waals surface area contributed by atoms with Crippen LogP contribution in [0.3, 0.4) is 0 Å². The second-order valence-corrected chi connectivity index (χ2v) is 4.21. The van der Waals surface area contributed by atoms with Crippen molar-refractivity contribution in [1.29, 1.82) is 0 Å². The molecule has 4 nitrogen and oxygen atoms in total. The average Bonchev–Trinajstić information content (AvgIpc) is 1.82. The summed E-state index contributed by atoms with van der Waals surface area (Å²) in [4.78, 5) is 27.4. The number of isocyanates is 2. The molecule has 0 aromatic rings. The molecule has 0 aromatic carbocycles. The van der Waals surface area contributed by atoms with Gasteiger partial charge in [0.2, 0.25) is 12.2 Å². The number of rotatable bonds is 4. The molecule has 0 atom stereocenters. The molecule has 0 aliphatic rings. The fourth-order valence-electron chi connectivity index (χ4n) is 1.38. The van der Waals surface area contributed by atoms with Gasteiger partial charge in [-0.25, -0.2) is 9.59 Å². The summed E-state index contributed by atoms with van der Waals surface area (Å²) in [5, 5.41) is 0. The first-order valence-corrected chi connectivity index (χ1v) is 4.01. The van der Waals surface area contributed by atoms with E-state index >= 15 is 0 Å². The van der Waals surface area contributed by atoms with E-state index in [0.717, 1.165) is 0 Å². The van der Waals surface area contributed by atoms with Crippen molar-refractivity contribution in [3.63, 3.8) is 0 Å². The zero-order valence-corrected chi connectivity index (χ0v) is 8.42. The van der Waals surface area contributed by atoms with E-state index in [9.17, 15) is 9.59 Å². The highest BCUT2D eigenvalue weighted by atomic mass is 16.1. The molecule has 0 amide bonds. The van der Waals surface area contributed by atoms with Crippen molar-refractivity contribution < 1.29 is 9.59 Å². The van der Waals surface area contributed by atoms with Crippen LogP contribution in [0.5, 0.6) is 0 Å². The van der Waals surface area contributed by atoms with E-state index < -0.39 is 11.1 Å². The summed E-state index contributed by atoms with van der Waals surface area (Å²) in [6.45, 7) is 7.17. The predicted octanol–water partition coefficient (Wildman–Crippen LogP) is 1.61. The minimum atomic E-state index is -0.536. The van der Waals surface area contributed by atoms with Gasteiger partial charge in [-0.15, -0.1) is 0 Å². The molecule has 0 radical (unpaired) electrons. The molecule has 0 bridgehead atoms. The van der Waals surface area contributed by atoms with Gasteiger partial charge in [-0.05, 0) is 34.1 Å². The Kier molecular flexibility index (Phi) is 3.73. The van der Waals surface area contributed by atoms with Crippen molar-refractivity contribution in [2.24, 2.45) is 9.98 Å². The average molecular weight is 182 g/mol. The number of carbonyl (C=O) groups excluding carboxylic acids is 2. The summed E-state index contributed by atoms with van der Waals surface area (Å²) in [5.74, 6) is 0. The first kappa shape index (κ1) is 11.8. The lowest BCUT2D eigenvalue weighted by Crippen LogP contribution is -2.30. The SMILES string of the molecule is CC(C)(CC(C)(C)N=C=O)N=C=O. The quantitative estimate of drug-likeness (QED) is 0.489. The highest BCUT2D eigenvalue weighted by Gasteiger charge is 2.28. The smallest absolute Gasteiger partial charge is 0.211 e. The topological polar surface area (TPSA) is 58.9 Å². The van der Waals surface area contributed by atoms with Crippen LogP contribution in [-0.4, -0.2) is 23.2 Å². The standard InChI is InChI=1S/C9H14N2O2/c1-8(2,10-6-12)5-9(3,4)11-7-13/h5H2,1-4H3. The normalized spacial score (nSPS) is 11.4. The van der Waals surface area contributed by atoms with Crippen LogP contribution in [0.15, 0.2) is 9.98 Å². The molecule has 0 aliphatic heterocycles. The van der Waals surface area contributed by atoms with Gasteiger partial charge in [0.25, 0.3) is 0 Å². The lowest BCUT2D eigenvalue weighted by atomic mass is 9.88. The van der Waals surface area contributed by atoms with Crippen LogP contribution in [0.4, 0.5) is 0 Å². The Balaban J connectivity index is 4.59. The molecule has 0 heterocycles.